The molecule has 0 aliphatic heterocycles. The van der Waals surface area contributed by atoms with Gasteiger partial charge < -0.3 is 5.11 Å². The Morgan fingerprint density at radius 2 is 1.67 bits per heavy atom. The second-order valence-electron chi connectivity index (χ2n) is 5.98. The fourth-order valence-electron chi connectivity index (χ4n) is 3.80. The zero-order chi connectivity index (χ0) is 15.0. The molecule has 1 aliphatic rings. The molecule has 2 aromatic rings. The van der Waals surface area contributed by atoms with E-state index in [1.807, 2.05) is 43.3 Å². The van der Waals surface area contributed by atoms with Gasteiger partial charge in [-0.15, -0.1) is 0 Å². The molecule has 0 amide bonds. The Morgan fingerprint density at radius 3 is 2.24 bits per heavy atom. The van der Waals surface area contributed by atoms with E-state index < -0.39 is 11.4 Å². The van der Waals surface area contributed by atoms with Crippen LogP contribution in [0.2, 0.25) is 0 Å². The van der Waals surface area contributed by atoms with Crippen LogP contribution in [0.5, 0.6) is 0 Å². The molecule has 0 radical (unpaired) electrons. The summed E-state index contributed by atoms with van der Waals surface area (Å²) in [5.74, 6) is -0.532. The number of carboxylic acids is 1. The van der Waals surface area contributed by atoms with E-state index in [9.17, 15) is 9.90 Å². The summed E-state index contributed by atoms with van der Waals surface area (Å²) in [7, 11) is 0. The van der Waals surface area contributed by atoms with Crippen LogP contribution in [0.4, 0.5) is 0 Å². The van der Waals surface area contributed by atoms with E-state index in [0.29, 0.717) is 6.42 Å². The van der Waals surface area contributed by atoms with Crippen molar-refractivity contribution in [3.05, 3.63) is 71.3 Å². The minimum Gasteiger partial charge on any atom is -0.481 e. The molecule has 3 atom stereocenters. The number of carboxylic acid groups (broad SMARTS) is 1. The molecule has 2 heteroatoms. The number of rotatable bonds is 4. The van der Waals surface area contributed by atoms with Crippen LogP contribution in [0.25, 0.3) is 0 Å². The third-order valence-corrected chi connectivity index (χ3v) is 4.88. The van der Waals surface area contributed by atoms with E-state index in [2.05, 4.69) is 25.1 Å². The second kappa shape index (κ2) is 5.03. The summed E-state index contributed by atoms with van der Waals surface area (Å²) in [5, 5.41) is 9.84. The summed E-state index contributed by atoms with van der Waals surface area (Å²) in [6.07, 6.45) is 0.653. The Balaban J connectivity index is 2.07. The van der Waals surface area contributed by atoms with Crippen LogP contribution in [0.1, 0.15) is 41.9 Å². The number of carbonyl (C=O) groups is 1. The van der Waals surface area contributed by atoms with Gasteiger partial charge in [-0.3, -0.25) is 4.79 Å². The summed E-state index contributed by atoms with van der Waals surface area (Å²) in [6.45, 7) is 4.04. The van der Waals surface area contributed by atoms with E-state index in [4.69, 9.17) is 0 Å². The van der Waals surface area contributed by atoms with E-state index in [0.717, 1.165) is 11.1 Å². The summed E-state index contributed by atoms with van der Waals surface area (Å²) < 4.78 is 0. The maximum Gasteiger partial charge on any atom is 0.310 e. The molecule has 0 aromatic heterocycles. The van der Waals surface area contributed by atoms with Gasteiger partial charge in [0.1, 0.15) is 0 Å². The van der Waals surface area contributed by atoms with Crippen LogP contribution >= 0.6 is 0 Å². The maximum atomic E-state index is 12.0. The Hall–Kier alpha value is -2.09. The number of hydrogen-bond donors (Lipinski definition) is 1. The number of hydrogen-bond acceptors (Lipinski definition) is 1. The Bertz CT molecular complexity index is 662. The maximum absolute atomic E-state index is 12.0. The first-order chi connectivity index (χ1) is 10.1. The van der Waals surface area contributed by atoms with E-state index in [-0.39, 0.29) is 11.8 Å². The van der Waals surface area contributed by atoms with Gasteiger partial charge >= 0.3 is 5.97 Å². The highest BCUT2D eigenvalue weighted by Gasteiger charge is 2.69. The predicted molar refractivity (Wildman–Crippen MR) is 83.5 cm³/mol. The number of benzene rings is 2. The van der Waals surface area contributed by atoms with Gasteiger partial charge in [0.25, 0.3) is 0 Å². The van der Waals surface area contributed by atoms with Crippen molar-refractivity contribution in [3.63, 3.8) is 0 Å². The molecule has 1 N–H and O–H groups in total. The van der Waals surface area contributed by atoms with Crippen LogP contribution in [0, 0.1) is 12.3 Å². The van der Waals surface area contributed by atoms with E-state index in [1.165, 1.54) is 5.56 Å². The quantitative estimate of drug-likeness (QED) is 0.903. The largest absolute Gasteiger partial charge is 0.481 e. The van der Waals surface area contributed by atoms with Gasteiger partial charge in [-0.1, -0.05) is 67.1 Å². The highest BCUT2D eigenvalue weighted by molar-refractivity contribution is 5.84. The normalized spacial score (nSPS) is 27.3. The molecule has 2 aromatic carbocycles. The molecule has 1 fully saturated rings. The molecule has 0 spiro atoms. The van der Waals surface area contributed by atoms with Gasteiger partial charge in [0.2, 0.25) is 0 Å². The molecule has 108 valence electrons. The molecule has 0 saturated heterocycles. The van der Waals surface area contributed by atoms with Crippen LogP contribution in [-0.4, -0.2) is 11.1 Å². The molecular weight excluding hydrogens is 260 g/mol. The van der Waals surface area contributed by atoms with E-state index >= 15 is 0 Å². The zero-order valence-corrected chi connectivity index (χ0v) is 12.4. The van der Waals surface area contributed by atoms with Crippen molar-refractivity contribution in [2.45, 2.75) is 32.1 Å². The summed E-state index contributed by atoms with van der Waals surface area (Å²) >= 11 is 0. The van der Waals surface area contributed by atoms with Crippen molar-refractivity contribution in [1.29, 1.82) is 0 Å². The molecule has 0 bridgehead atoms. The molecule has 21 heavy (non-hydrogen) atoms. The summed E-state index contributed by atoms with van der Waals surface area (Å²) in [6, 6.07) is 18.3. The van der Waals surface area contributed by atoms with Crippen LogP contribution in [0.15, 0.2) is 54.6 Å². The first-order valence-corrected chi connectivity index (χ1v) is 7.46. The van der Waals surface area contributed by atoms with Crippen molar-refractivity contribution in [3.8, 4) is 0 Å². The minimum atomic E-state index is -0.676. The third-order valence-electron chi connectivity index (χ3n) is 4.88. The monoisotopic (exact) mass is 280 g/mol. The summed E-state index contributed by atoms with van der Waals surface area (Å²) in [4.78, 5) is 12.0. The lowest BCUT2D eigenvalue weighted by Gasteiger charge is -2.10. The first-order valence-electron chi connectivity index (χ1n) is 7.46. The highest BCUT2D eigenvalue weighted by atomic mass is 16.4. The van der Waals surface area contributed by atoms with Crippen molar-refractivity contribution in [2.24, 2.45) is 5.41 Å². The Morgan fingerprint density at radius 1 is 1.05 bits per heavy atom. The van der Waals surface area contributed by atoms with Gasteiger partial charge in [0, 0.05) is 11.8 Å². The number of aliphatic carboxylic acids is 1. The summed E-state index contributed by atoms with van der Waals surface area (Å²) in [5.41, 5.74) is 2.80. The van der Waals surface area contributed by atoms with Gasteiger partial charge in [-0.05, 0) is 24.5 Å². The fraction of sp³-hybridized carbons (Fsp3) is 0.316. The average molecular weight is 280 g/mol. The Labute approximate surface area is 125 Å². The molecule has 3 unspecified atom stereocenters. The van der Waals surface area contributed by atoms with Crippen molar-refractivity contribution < 1.29 is 9.90 Å². The number of aryl methyl sites for hydroxylation is 1. The zero-order valence-electron chi connectivity index (χ0n) is 12.4. The SMILES string of the molecule is CCC1(C(=O)O)C(c2ccccc2)C1c1cccc(C)c1. The molecular formula is C19H20O2. The smallest absolute Gasteiger partial charge is 0.310 e. The molecule has 3 rings (SSSR count). The van der Waals surface area contributed by atoms with Gasteiger partial charge in [0.15, 0.2) is 0 Å². The predicted octanol–water partition coefficient (Wildman–Crippen LogP) is 4.36. The van der Waals surface area contributed by atoms with E-state index in [1.54, 1.807) is 0 Å². The van der Waals surface area contributed by atoms with Gasteiger partial charge in [0.05, 0.1) is 5.41 Å². The fourth-order valence-corrected chi connectivity index (χ4v) is 3.80. The lowest BCUT2D eigenvalue weighted by molar-refractivity contribution is -0.143. The van der Waals surface area contributed by atoms with Crippen LogP contribution in [-0.2, 0) is 4.79 Å². The van der Waals surface area contributed by atoms with Gasteiger partial charge in [-0.2, -0.15) is 0 Å². The topological polar surface area (TPSA) is 37.3 Å². The lowest BCUT2D eigenvalue weighted by atomic mass is 9.94. The molecule has 1 aliphatic carbocycles. The minimum absolute atomic E-state index is 0.0716. The molecule has 0 heterocycles. The first kappa shape index (κ1) is 13.9. The van der Waals surface area contributed by atoms with Gasteiger partial charge in [-0.25, -0.2) is 0 Å². The van der Waals surface area contributed by atoms with Crippen molar-refractivity contribution in [1.82, 2.24) is 0 Å². The molecule has 2 nitrogen and oxygen atoms in total. The van der Waals surface area contributed by atoms with Crippen LogP contribution in [0.3, 0.4) is 0 Å². The second-order valence-corrected chi connectivity index (χ2v) is 5.98. The average Bonchev–Trinajstić information content (AvgIpc) is 3.19. The van der Waals surface area contributed by atoms with Crippen molar-refractivity contribution in [2.75, 3.05) is 0 Å². The van der Waals surface area contributed by atoms with Crippen LogP contribution < -0.4 is 0 Å². The highest BCUT2D eigenvalue weighted by Crippen LogP contribution is 2.72. The van der Waals surface area contributed by atoms with Crippen molar-refractivity contribution >= 4 is 5.97 Å². The Kier molecular flexibility index (Phi) is 3.32. The standard InChI is InChI=1S/C19H20O2/c1-3-19(18(20)21)16(14-9-5-4-6-10-14)17(19)15-11-7-8-13(2)12-15/h4-12,16-17H,3H2,1-2H3,(H,20,21). The third kappa shape index (κ3) is 2.06. The lowest BCUT2D eigenvalue weighted by Crippen LogP contribution is -2.17. The molecule has 1 saturated carbocycles.